The van der Waals surface area contributed by atoms with Gasteiger partial charge in [-0.3, -0.25) is 5.43 Å². The van der Waals surface area contributed by atoms with E-state index in [-0.39, 0.29) is 6.17 Å². The molecule has 0 bridgehead atoms. The van der Waals surface area contributed by atoms with Crippen molar-refractivity contribution in [1.29, 1.82) is 0 Å². The van der Waals surface area contributed by atoms with Crippen LogP contribution in [0.1, 0.15) is 11.7 Å². The maximum absolute atomic E-state index is 5.66. The summed E-state index contributed by atoms with van der Waals surface area (Å²) in [6, 6.07) is 11.8. The lowest BCUT2D eigenvalue weighted by Crippen LogP contribution is -2.17. The normalized spacial score (nSPS) is 17.1. The van der Waals surface area contributed by atoms with E-state index in [4.69, 9.17) is 18.0 Å². The van der Waals surface area contributed by atoms with E-state index in [1.807, 2.05) is 30.3 Å². The SMILES string of the molecule is Nc1cc2n(c(=S)n1)NC(c1ccccc1)N2. The molecule has 86 valence electrons. The molecule has 0 spiro atoms. The molecule has 0 saturated carbocycles. The Hall–Kier alpha value is -2.08. The van der Waals surface area contributed by atoms with Crippen molar-refractivity contribution in [1.82, 2.24) is 9.66 Å². The zero-order chi connectivity index (χ0) is 11.8. The molecule has 1 aromatic carbocycles. The highest BCUT2D eigenvalue weighted by Gasteiger charge is 2.21. The largest absolute Gasteiger partial charge is 0.383 e. The zero-order valence-corrected chi connectivity index (χ0v) is 9.74. The molecule has 1 atom stereocenters. The lowest BCUT2D eigenvalue weighted by Gasteiger charge is -2.11. The highest BCUT2D eigenvalue weighted by atomic mass is 32.1. The molecule has 2 aromatic rings. The number of aromatic nitrogens is 2. The molecule has 0 radical (unpaired) electrons. The first-order chi connectivity index (χ1) is 8.24. The van der Waals surface area contributed by atoms with Gasteiger partial charge in [0, 0.05) is 6.07 Å². The quantitative estimate of drug-likeness (QED) is 0.669. The zero-order valence-electron chi connectivity index (χ0n) is 8.92. The summed E-state index contributed by atoms with van der Waals surface area (Å²) in [5.74, 6) is 1.25. The van der Waals surface area contributed by atoms with Gasteiger partial charge in [-0.1, -0.05) is 30.3 Å². The van der Waals surface area contributed by atoms with Crippen molar-refractivity contribution in [2.45, 2.75) is 6.17 Å². The van der Waals surface area contributed by atoms with E-state index in [1.54, 1.807) is 10.7 Å². The summed E-state index contributed by atoms with van der Waals surface area (Å²) >= 11 is 5.14. The third kappa shape index (κ3) is 1.72. The summed E-state index contributed by atoms with van der Waals surface area (Å²) in [6.07, 6.45) is -0.0125. The number of fused-ring (bicyclic) bond motifs is 1. The smallest absolute Gasteiger partial charge is 0.222 e. The van der Waals surface area contributed by atoms with E-state index in [1.165, 1.54) is 0 Å². The fraction of sp³-hybridized carbons (Fsp3) is 0.0909. The van der Waals surface area contributed by atoms with Crippen LogP contribution in [0.15, 0.2) is 36.4 Å². The number of hydrogen-bond acceptors (Lipinski definition) is 5. The molecule has 0 fully saturated rings. The fourth-order valence-electron chi connectivity index (χ4n) is 1.84. The van der Waals surface area contributed by atoms with Crippen LogP contribution in [0.25, 0.3) is 0 Å². The third-order valence-electron chi connectivity index (χ3n) is 2.62. The summed E-state index contributed by atoms with van der Waals surface area (Å²) < 4.78 is 2.15. The van der Waals surface area contributed by atoms with Crippen LogP contribution in [0, 0.1) is 4.77 Å². The number of nitrogen functional groups attached to an aromatic ring is 1. The third-order valence-corrected chi connectivity index (χ3v) is 2.90. The van der Waals surface area contributed by atoms with Crippen LogP contribution in [0.4, 0.5) is 11.6 Å². The minimum atomic E-state index is -0.0125. The summed E-state index contributed by atoms with van der Waals surface area (Å²) in [4.78, 5) is 4.03. The van der Waals surface area contributed by atoms with Gasteiger partial charge in [0.25, 0.3) is 0 Å². The Morgan fingerprint density at radius 1 is 1.29 bits per heavy atom. The first-order valence-corrected chi connectivity index (χ1v) is 5.62. The molecule has 0 amide bonds. The maximum Gasteiger partial charge on any atom is 0.222 e. The van der Waals surface area contributed by atoms with E-state index in [0.29, 0.717) is 10.6 Å². The highest BCUT2D eigenvalue weighted by molar-refractivity contribution is 7.71. The number of benzene rings is 1. The van der Waals surface area contributed by atoms with Crippen LogP contribution in [-0.2, 0) is 0 Å². The number of hydrogen-bond donors (Lipinski definition) is 3. The topological polar surface area (TPSA) is 67.9 Å². The Bertz CT molecular complexity index is 607. The van der Waals surface area contributed by atoms with E-state index in [0.717, 1.165) is 11.4 Å². The fourth-order valence-corrected chi connectivity index (χ4v) is 2.10. The van der Waals surface area contributed by atoms with Gasteiger partial charge in [0.15, 0.2) is 0 Å². The van der Waals surface area contributed by atoms with Crippen LogP contribution < -0.4 is 16.5 Å². The van der Waals surface area contributed by atoms with Gasteiger partial charge in [-0.05, 0) is 17.8 Å². The van der Waals surface area contributed by atoms with Crippen molar-refractivity contribution < 1.29 is 0 Å². The molecule has 2 heterocycles. The van der Waals surface area contributed by atoms with Crippen LogP contribution in [0.3, 0.4) is 0 Å². The Kier molecular flexibility index (Phi) is 2.22. The Balaban J connectivity index is 1.99. The van der Waals surface area contributed by atoms with Gasteiger partial charge in [0.2, 0.25) is 4.77 Å². The summed E-state index contributed by atoms with van der Waals surface area (Å²) in [5.41, 5.74) is 10.0. The van der Waals surface area contributed by atoms with E-state index >= 15 is 0 Å². The lowest BCUT2D eigenvalue weighted by molar-refractivity contribution is 0.802. The monoisotopic (exact) mass is 245 g/mol. The molecule has 1 aromatic heterocycles. The number of anilines is 2. The van der Waals surface area contributed by atoms with Gasteiger partial charge < -0.3 is 11.1 Å². The molecule has 1 aliphatic heterocycles. The Morgan fingerprint density at radius 3 is 2.82 bits per heavy atom. The molecule has 0 saturated heterocycles. The minimum absolute atomic E-state index is 0.0125. The van der Waals surface area contributed by atoms with E-state index in [9.17, 15) is 0 Å². The van der Waals surface area contributed by atoms with Gasteiger partial charge in [0.1, 0.15) is 17.8 Å². The van der Waals surface area contributed by atoms with Crippen LogP contribution in [0.5, 0.6) is 0 Å². The number of rotatable bonds is 1. The van der Waals surface area contributed by atoms with Crippen molar-refractivity contribution in [2.75, 3.05) is 16.5 Å². The minimum Gasteiger partial charge on any atom is -0.383 e. The average Bonchev–Trinajstić information content (AvgIpc) is 2.74. The molecular formula is C11H11N5S. The molecule has 1 unspecified atom stereocenters. The van der Waals surface area contributed by atoms with Crippen molar-refractivity contribution in [3.63, 3.8) is 0 Å². The van der Waals surface area contributed by atoms with Crippen molar-refractivity contribution in [3.8, 4) is 0 Å². The van der Waals surface area contributed by atoms with Crippen molar-refractivity contribution in [3.05, 3.63) is 46.7 Å². The molecular weight excluding hydrogens is 234 g/mol. The lowest BCUT2D eigenvalue weighted by atomic mass is 10.2. The number of nitrogens with one attached hydrogen (secondary N) is 2. The first-order valence-electron chi connectivity index (χ1n) is 5.21. The number of nitrogens with zero attached hydrogens (tertiary/aromatic N) is 2. The average molecular weight is 245 g/mol. The van der Waals surface area contributed by atoms with Gasteiger partial charge in [-0.15, -0.1) is 0 Å². The highest BCUT2D eigenvalue weighted by Crippen LogP contribution is 2.25. The Labute approximate surface area is 103 Å². The molecule has 1 aliphatic rings. The second-order valence-corrected chi connectivity index (χ2v) is 4.17. The predicted molar refractivity (Wildman–Crippen MR) is 69.6 cm³/mol. The van der Waals surface area contributed by atoms with Crippen LogP contribution in [-0.4, -0.2) is 9.66 Å². The maximum atomic E-state index is 5.66. The summed E-state index contributed by atoms with van der Waals surface area (Å²) in [6.45, 7) is 0. The molecule has 6 heteroatoms. The summed E-state index contributed by atoms with van der Waals surface area (Å²) in [5, 5.41) is 3.30. The summed E-state index contributed by atoms with van der Waals surface area (Å²) in [7, 11) is 0. The van der Waals surface area contributed by atoms with Crippen molar-refractivity contribution in [2.24, 2.45) is 0 Å². The van der Waals surface area contributed by atoms with Gasteiger partial charge >= 0.3 is 0 Å². The molecule has 17 heavy (non-hydrogen) atoms. The van der Waals surface area contributed by atoms with Gasteiger partial charge in [-0.25, -0.2) is 9.66 Å². The predicted octanol–water partition coefficient (Wildman–Crippen LogP) is 1.86. The second kappa shape index (κ2) is 3.74. The van der Waals surface area contributed by atoms with E-state index < -0.39 is 0 Å². The molecule has 4 N–H and O–H groups in total. The standard InChI is InChI=1S/C11H11N5S/c12-8-6-9-14-10(7-4-2-1-3-5-7)15-16(9)11(17)13-8/h1-6,10,14-15H,(H2,12,13,17). The number of nitrogens with two attached hydrogens (primary N) is 1. The van der Waals surface area contributed by atoms with Gasteiger partial charge in [-0.2, -0.15) is 0 Å². The van der Waals surface area contributed by atoms with Crippen LogP contribution in [0.2, 0.25) is 0 Å². The molecule has 3 rings (SSSR count). The molecule has 0 aliphatic carbocycles. The van der Waals surface area contributed by atoms with E-state index in [2.05, 4.69) is 15.7 Å². The Morgan fingerprint density at radius 2 is 2.06 bits per heavy atom. The van der Waals surface area contributed by atoms with Crippen molar-refractivity contribution >= 4 is 23.9 Å². The first kappa shape index (κ1) is 10.1. The van der Waals surface area contributed by atoms with Crippen LogP contribution >= 0.6 is 12.2 Å². The van der Waals surface area contributed by atoms with Gasteiger partial charge in [0.05, 0.1) is 0 Å². The molecule has 5 nitrogen and oxygen atoms in total. The second-order valence-electron chi connectivity index (χ2n) is 3.80.